The summed E-state index contributed by atoms with van der Waals surface area (Å²) < 4.78 is 38.7. The molecular formula is C25H17F2NO5. The van der Waals surface area contributed by atoms with Gasteiger partial charge in [0.2, 0.25) is 0 Å². The van der Waals surface area contributed by atoms with Gasteiger partial charge >= 0.3 is 5.97 Å². The summed E-state index contributed by atoms with van der Waals surface area (Å²) in [6.45, 7) is 1.63. The van der Waals surface area contributed by atoms with Gasteiger partial charge in [-0.05, 0) is 25.1 Å². The van der Waals surface area contributed by atoms with Crippen LogP contribution in [0, 0.1) is 18.6 Å². The molecule has 0 aliphatic rings. The second-order valence-corrected chi connectivity index (χ2v) is 7.19. The van der Waals surface area contributed by atoms with Crippen LogP contribution in [0.2, 0.25) is 0 Å². The van der Waals surface area contributed by atoms with Gasteiger partial charge in [-0.2, -0.15) is 0 Å². The van der Waals surface area contributed by atoms with Crippen molar-refractivity contribution in [2.24, 2.45) is 0 Å². The number of nitrogens with one attached hydrogen (secondary N) is 1. The highest BCUT2D eigenvalue weighted by atomic mass is 19.1. The fraction of sp³-hybridized carbons (Fsp3) is 0.0800. The molecule has 4 rings (SSSR count). The Morgan fingerprint density at radius 2 is 1.67 bits per heavy atom. The third-order valence-electron chi connectivity index (χ3n) is 5.14. The highest BCUT2D eigenvalue weighted by molar-refractivity contribution is 6.11. The lowest BCUT2D eigenvalue weighted by molar-refractivity contribution is 0.0595. The topological polar surface area (TPSA) is 85.6 Å². The van der Waals surface area contributed by atoms with Gasteiger partial charge in [-0.1, -0.05) is 36.4 Å². The minimum absolute atomic E-state index is 0.0140. The van der Waals surface area contributed by atoms with Gasteiger partial charge in [0.15, 0.2) is 11.0 Å². The molecule has 33 heavy (non-hydrogen) atoms. The van der Waals surface area contributed by atoms with E-state index in [0.717, 1.165) is 13.2 Å². The van der Waals surface area contributed by atoms with Crippen molar-refractivity contribution in [3.05, 3.63) is 99.2 Å². The molecule has 0 spiro atoms. The molecule has 6 nitrogen and oxygen atoms in total. The Balaban J connectivity index is 1.82. The van der Waals surface area contributed by atoms with Gasteiger partial charge in [0.05, 0.1) is 29.3 Å². The predicted octanol–water partition coefficient (Wildman–Crippen LogP) is 5.09. The number of para-hydroxylation sites is 1. The van der Waals surface area contributed by atoms with Crippen LogP contribution in [0.15, 0.2) is 69.9 Å². The Morgan fingerprint density at radius 3 is 2.36 bits per heavy atom. The summed E-state index contributed by atoms with van der Waals surface area (Å²) in [7, 11) is 1.05. The summed E-state index contributed by atoms with van der Waals surface area (Å²) in [5, 5.41) is 2.48. The Kier molecular flexibility index (Phi) is 5.74. The molecule has 8 heteroatoms. The predicted molar refractivity (Wildman–Crippen MR) is 118 cm³/mol. The first kappa shape index (κ1) is 21.9. The maximum Gasteiger partial charge on any atom is 0.340 e. The number of methoxy groups -OCH3 is 1. The van der Waals surface area contributed by atoms with Crippen LogP contribution in [0.1, 0.15) is 26.3 Å². The summed E-state index contributed by atoms with van der Waals surface area (Å²) in [6, 6.07) is 14.7. The standard InChI is InChI=1S/C25H17F2NO5/c1-13-21(29)15-9-6-10-16(23(15)33-22(13)14-7-4-3-5-8-14)24(30)28-20-11-17(25(31)32-2)18(26)12-19(20)27/h3-12H,1-2H3,(H,28,30). The molecule has 3 aromatic carbocycles. The van der Waals surface area contributed by atoms with E-state index < -0.39 is 34.8 Å². The van der Waals surface area contributed by atoms with E-state index in [9.17, 15) is 23.2 Å². The van der Waals surface area contributed by atoms with E-state index in [2.05, 4.69) is 10.1 Å². The average Bonchev–Trinajstić information content (AvgIpc) is 2.82. The highest BCUT2D eigenvalue weighted by Gasteiger charge is 2.21. The second kappa shape index (κ2) is 8.66. The zero-order valence-corrected chi connectivity index (χ0v) is 17.6. The zero-order chi connectivity index (χ0) is 23.7. The van der Waals surface area contributed by atoms with E-state index in [1.165, 1.54) is 18.2 Å². The quantitative estimate of drug-likeness (QED) is 0.439. The lowest BCUT2D eigenvalue weighted by Crippen LogP contribution is -2.16. The Labute approximate surface area is 186 Å². The first-order valence-corrected chi connectivity index (χ1v) is 9.82. The number of rotatable bonds is 4. The van der Waals surface area contributed by atoms with Crippen LogP contribution in [-0.2, 0) is 4.74 Å². The first-order chi connectivity index (χ1) is 15.8. The van der Waals surface area contributed by atoms with Crippen LogP contribution in [0.3, 0.4) is 0 Å². The molecule has 0 radical (unpaired) electrons. The highest BCUT2D eigenvalue weighted by Crippen LogP contribution is 2.28. The van der Waals surface area contributed by atoms with Gasteiger partial charge in [-0.15, -0.1) is 0 Å². The number of carbonyl (C=O) groups excluding carboxylic acids is 2. The van der Waals surface area contributed by atoms with Crippen molar-refractivity contribution < 1.29 is 27.5 Å². The number of benzene rings is 3. The van der Waals surface area contributed by atoms with Gasteiger partial charge in [0.25, 0.3) is 5.91 Å². The molecule has 0 aliphatic carbocycles. The molecule has 1 N–H and O–H groups in total. The summed E-state index contributed by atoms with van der Waals surface area (Å²) >= 11 is 0. The summed E-state index contributed by atoms with van der Waals surface area (Å²) in [4.78, 5) is 37.7. The number of esters is 1. The largest absolute Gasteiger partial charge is 0.465 e. The fourth-order valence-electron chi connectivity index (χ4n) is 3.45. The molecule has 0 atom stereocenters. The number of fused-ring (bicyclic) bond motifs is 1. The van der Waals surface area contributed by atoms with Crippen molar-refractivity contribution in [3.8, 4) is 11.3 Å². The Hall–Kier alpha value is -4.33. The van der Waals surface area contributed by atoms with Crippen molar-refractivity contribution in [3.63, 3.8) is 0 Å². The molecule has 1 aromatic heterocycles. The van der Waals surface area contributed by atoms with Crippen molar-refractivity contribution in [2.75, 3.05) is 12.4 Å². The van der Waals surface area contributed by atoms with Crippen molar-refractivity contribution in [1.82, 2.24) is 0 Å². The smallest absolute Gasteiger partial charge is 0.340 e. The summed E-state index contributed by atoms with van der Waals surface area (Å²) in [5.41, 5.74) is -0.289. The van der Waals surface area contributed by atoms with Crippen molar-refractivity contribution in [1.29, 1.82) is 0 Å². The van der Waals surface area contributed by atoms with Crippen LogP contribution in [0.4, 0.5) is 14.5 Å². The Bertz CT molecular complexity index is 1460. The third kappa shape index (κ3) is 3.98. The van der Waals surface area contributed by atoms with Crippen LogP contribution < -0.4 is 10.7 Å². The summed E-state index contributed by atoms with van der Waals surface area (Å²) in [5.74, 6) is -3.75. The summed E-state index contributed by atoms with van der Waals surface area (Å²) in [6.07, 6.45) is 0. The van der Waals surface area contributed by atoms with Gasteiger partial charge in [0.1, 0.15) is 17.4 Å². The number of carbonyl (C=O) groups is 2. The van der Waals surface area contributed by atoms with Gasteiger partial charge in [-0.25, -0.2) is 13.6 Å². The number of anilines is 1. The van der Waals surface area contributed by atoms with E-state index in [1.807, 2.05) is 6.07 Å². The van der Waals surface area contributed by atoms with Gasteiger partial charge in [-0.3, -0.25) is 9.59 Å². The van der Waals surface area contributed by atoms with E-state index in [4.69, 9.17) is 4.42 Å². The molecule has 0 bridgehead atoms. The molecule has 0 saturated heterocycles. The van der Waals surface area contributed by atoms with Crippen LogP contribution >= 0.6 is 0 Å². The van der Waals surface area contributed by atoms with E-state index in [-0.39, 0.29) is 22.0 Å². The Morgan fingerprint density at radius 1 is 0.939 bits per heavy atom. The monoisotopic (exact) mass is 449 g/mol. The van der Waals surface area contributed by atoms with Crippen molar-refractivity contribution >= 4 is 28.5 Å². The normalized spacial score (nSPS) is 10.8. The lowest BCUT2D eigenvalue weighted by atomic mass is 10.0. The minimum Gasteiger partial charge on any atom is -0.465 e. The molecule has 0 saturated carbocycles. The molecule has 1 heterocycles. The maximum absolute atomic E-state index is 14.3. The number of ether oxygens (including phenoxy) is 1. The molecular weight excluding hydrogens is 432 g/mol. The maximum atomic E-state index is 14.3. The number of amides is 1. The third-order valence-corrected chi connectivity index (χ3v) is 5.14. The van der Waals surface area contributed by atoms with Crippen LogP contribution in [-0.4, -0.2) is 19.0 Å². The van der Waals surface area contributed by atoms with E-state index in [1.54, 1.807) is 31.2 Å². The number of halogens is 2. The molecule has 1 amide bonds. The van der Waals surface area contributed by atoms with Crippen LogP contribution in [0.5, 0.6) is 0 Å². The second-order valence-electron chi connectivity index (χ2n) is 7.19. The molecule has 166 valence electrons. The van der Waals surface area contributed by atoms with Crippen molar-refractivity contribution in [2.45, 2.75) is 6.92 Å². The number of hydrogen-bond donors (Lipinski definition) is 1. The van der Waals surface area contributed by atoms with Crippen LogP contribution in [0.25, 0.3) is 22.3 Å². The minimum atomic E-state index is -1.13. The lowest BCUT2D eigenvalue weighted by Gasteiger charge is -2.12. The van der Waals surface area contributed by atoms with E-state index in [0.29, 0.717) is 23.0 Å². The molecule has 4 aromatic rings. The van der Waals surface area contributed by atoms with Gasteiger partial charge in [0, 0.05) is 17.2 Å². The van der Waals surface area contributed by atoms with Gasteiger partial charge < -0.3 is 14.5 Å². The molecule has 0 unspecified atom stereocenters. The average molecular weight is 449 g/mol. The van der Waals surface area contributed by atoms with E-state index >= 15 is 0 Å². The SMILES string of the molecule is COC(=O)c1cc(NC(=O)c2cccc3c(=O)c(C)c(-c4ccccc4)oc23)c(F)cc1F. The number of hydrogen-bond acceptors (Lipinski definition) is 5. The fourth-order valence-corrected chi connectivity index (χ4v) is 3.45. The first-order valence-electron chi connectivity index (χ1n) is 9.82. The molecule has 0 aliphatic heterocycles. The molecule has 0 fully saturated rings. The zero-order valence-electron chi connectivity index (χ0n) is 17.6.